The van der Waals surface area contributed by atoms with Gasteiger partial charge in [0.25, 0.3) is 0 Å². The highest BCUT2D eigenvalue weighted by atomic mass is 35.5. The normalized spacial score (nSPS) is 13.2. The summed E-state index contributed by atoms with van der Waals surface area (Å²) in [6, 6.07) is 5.32. The molecule has 0 aliphatic heterocycles. The molecule has 0 saturated carbocycles. The van der Waals surface area contributed by atoms with E-state index in [1.807, 2.05) is 0 Å². The summed E-state index contributed by atoms with van der Waals surface area (Å²) in [5.41, 5.74) is 1.14. The Balaban J connectivity index is 2.07. The lowest BCUT2D eigenvalue weighted by Gasteiger charge is -2.24. The van der Waals surface area contributed by atoms with Gasteiger partial charge in [-0.2, -0.15) is 0 Å². The van der Waals surface area contributed by atoms with Crippen LogP contribution in [0.2, 0.25) is 0 Å². The van der Waals surface area contributed by atoms with Crippen LogP contribution in [0.25, 0.3) is 22.0 Å². The van der Waals surface area contributed by atoms with Gasteiger partial charge < -0.3 is 23.7 Å². The Kier molecular flexibility index (Phi) is 4.67. The molecular formula is C18H20ClNO5. The smallest absolute Gasteiger partial charge is 0.230 e. The maximum atomic E-state index is 10.1. The number of pyridine rings is 1. The van der Waals surface area contributed by atoms with Crippen LogP contribution in [0.4, 0.5) is 0 Å². The van der Waals surface area contributed by atoms with Gasteiger partial charge in [-0.1, -0.05) is 0 Å². The van der Waals surface area contributed by atoms with Crippen molar-refractivity contribution in [2.45, 2.75) is 24.8 Å². The Morgan fingerprint density at radius 1 is 1.20 bits per heavy atom. The van der Waals surface area contributed by atoms with Crippen LogP contribution in [-0.4, -0.2) is 41.9 Å². The van der Waals surface area contributed by atoms with Crippen molar-refractivity contribution in [3.63, 3.8) is 0 Å². The Morgan fingerprint density at radius 2 is 1.96 bits per heavy atom. The number of alkyl halides is 1. The van der Waals surface area contributed by atoms with Crippen molar-refractivity contribution in [2.24, 2.45) is 0 Å². The molecule has 25 heavy (non-hydrogen) atoms. The third-order valence-electron chi connectivity index (χ3n) is 4.03. The van der Waals surface area contributed by atoms with Crippen LogP contribution in [0.15, 0.2) is 28.9 Å². The van der Waals surface area contributed by atoms with Gasteiger partial charge in [0.1, 0.15) is 18.5 Å². The minimum atomic E-state index is -0.842. The largest absolute Gasteiger partial charge is 0.495 e. The molecule has 2 aromatic heterocycles. The van der Waals surface area contributed by atoms with Gasteiger partial charge in [-0.15, -0.1) is 11.6 Å². The minimum Gasteiger partial charge on any atom is -0.495 e. The van der Waals surface area contributed by atoms with E-state index in [4.69, 9.17) is 30.2 Å². The zero-order valence-corrected chi connectivity index (χ0v) is 15.3. The maximum Gasteiger partial charge on any atom is 0.230 e. The molecule has 3 rings (SSSR count). The van der Waals surface area contributed by atoms with Gasteiger partial charge in [0.05, 0.1) is 36.3 Å². The van der Waals surface area contributed by atoms with Gasteiger partial charge in [-0.05, 0) is 26.0 Å². The summed E-state index contributed by atoms with van der Waals surface area (Å²) in [6.07, 6.45) is 0.720. The summed E-state index contributed by atoms with van der Waals surface area (Å²) in [5.74, 6) is 1.60. The number of furan rings is 1. The molecule has 3 aromatic rings. The van der Waals surface area contributed by atoms with E-state index < -0.39 is 11.0 Å². The number of rotatable bonds is 6. The highest BCUT2D eigenvalue weighted by Gasteiger charge is 2.26. The Morgan fingerprint density at radius 3 is 2.60 bits per heavy atom. The second kappa shape index (κ2) is 6.61. The van der Waals surface area contributed by atoms with Crippen LogP contribution in [-0.2, 0) is 0 Å². The molecule has 0 saturated heterocycles. The molecule has 0 fully saturated rings. The average molecular weight is 366 g/mol. The third-order valence-corrected chi connectivity index (χ3v) is 4.28. The molecule has 6 nitrogen and oxygen atoms in total. The standard InChI is InChI=1S/C18H20ClNO5/c1-18(2,19)15(21)9-25-14-7-11-12(8-13(14)22-3)20-17-10(5-6-24-17)16(11)23-4/h5-8,15,21H,9H2,1-4H3/t15-/m1/s1. The fourth-order valence-corrected chi connectivity index (χ4v) is 2.56. The van der Waals surface area contributed by atoms with E-state index in [9.17, 15) is 5.11 Å². The van der Waals surface area contributed by atoms with E-state index in [0.717, 1.165) is 10.8 Å². The highest BCUT2D eigenvalue weighted by Crippen LogP contribution is 2.39. The predicted octanol–water partition coefficient (Wildman–Crippen LogP) is 3.76. The molecule has 0 radical (unpaired) electrons. The van der Waals surface area contributed by atoms with Gasteiger partial charge in [0, 0.05) is 11.5 Å². The van der Waals surface area contributed by atoms with E-state index in [0.29, 0.717) is 28.5 Å². The number of ether oxygens (including phenoxy) is 3. The predicted molar refractivity (Wildman–Crippen MR) is 96.1 cm³/mol. The number of methoxy groups -OCH3 is 2. The Hall–Kier alpha value is -2.18. The first kappa shape index (κ1) is 17.6. The zero-order valence-electron chi connectivity index (χ0n) is 14.5. The lowest BCUT2D eigenvalue weighted by Crippen LogP contribution is -2.35. The first-order chi connectivity index (χ1) is 11.8. The number of nitrogens with zero attached hydrogens (tertiary/aromatic N) is 1. The Labute approximate surface area is 150 Å². The molecule has 1 N–H and O–H groups in total. The van der Waals surface area contributed by atoms with Gasteiger partial charge >= 0.3 is 0 Å². The molecule has 1 atom stereocenters. The molecule has 7 heteroatoms. The van der Waals surface area contributed by atoms with Crippen molar-refractivity contribution < 1.29 is 23.7 Å². The molecular weight excluding hydrogens is 346 g/mol. The van der Waals surface area contributed by atoms with Gasteiger partial charge in [0.15, 0.2) is 11.5 Å². The van der Waals surface area contributed by atoms with Crippen LogP contribution >= 0.6 is 11.6 Å². The molecule has 134 valence electrons. The second-order valence-electron chi connectivity index (χ2n) is 6.20. The van der Waals surface area contributed by atoms with Crippen molar-refractivity contribution in [1.82, 2.24) is 4.98 Å². The first-order valence-corrected chi connectivity index (χ1v) is 8.15. The SMILES string of the molecule is COc1cc2nc3occc3c(OC)c2cc1OC[C@@H](O)C(C)(C)Cl. The molecule has 1 aromatic carbocycles. The summed E-state index contributed by atoms with van der Waals surface area (Å²) in [7, 11) is 3.13. The van der Waals surface area contributed by atoms with Crippen molar-refractivity contribution in [2.75, 3.05) is 20.8 Å². The van der Waals surface area contributed by atoms with E-state index in [1.54, 1.807) is 52.5 Å². The fraction of sp³-hybridized carbons (Fsp3) is 0.389. The van der Waals surface area contributed by atoms with E-state index in [-0.39, 0.29) is 6.61 Å². The summed E-state index contributed by atoms with van der Waals surface area (Å²) >= 11 is 6.12. The molecule has 0 aliphatic carbocycles. The lowest BCUT2D eigenvalue weighted by atomic mass is 10.1. The number of benzene rings is 1. The summed E-state index contributed by atoms with van der Waals surface area (Å²) in [5, 5.41) is 11.6. The summed E-state index contributed by atoms with van der Waals surface area (Å²) in [6.45, 7) is 3.48. The fourth-order valence-electron chi connectivity index (χ4n) is 2.50. The van der Waals surface area contributed by atoms with Crippen LogP contribution in [0.1, 0.15) is 13.8 Å². The quantitative estimate of drug-likeness (QED) is 0.670. The minimum absolute atomic E-state index is 0.0298. The monoisotopic (exact) mass is 365 g/mol. The second-order valence-corrected chi connectivity index (χ2v) is 7.17. The zero-order chi connectivity index (χ0) is 18.2. The van der Waals surface area contributed by atoms with Gasteiger partial charge in [-0.3, -0.25) is 0 Å². The van der Waals surface area contributed by atoms with Crippen LogP contribution in [0.5, 0.6) is 17.2 Å². The first-order valence-electron chi connectivity index (χ1n) is 7.78. The number of hydrogen-bond donors (Lipinski definition) is 1. The molecule has 0 amide bonds. The molecule has 2 heterocycles. The summed E-state index contributed by atoms with van der Waals surface area (Å²) < 4.78 is 22.1. The van der Waals surface area contributed by atoms with Gasteiger partial charge in [0.2, 0.25) is 5.71 Å². The number of halogens is 1. The van der Waals surface area contributed by atoms with E-state index in [2.05, 4.69) is 4.98 Å². The number of hydrogen-bond acceptors (Lipinski definition) is 6. The average Bonchev–Trinajstić information content (AvgIpc) is 3.03. The van der Waals surface area contributed by atoms with E-state index in [1.165, 1.54) is 0 Å². The topological polar surface area (TPSA) is 74.0 Å². The van der Waals surface area contributed by atoms with Gasteiger partial charge in [-0.25, -0.2) is 4.98 Å². The molecule has 0 spiro atoms. The number of fused-ring (bicyclic) bond motifs is 2. The van der Waals surface area contributed by atoms with Crippen molar-refractivity contribution in [3.8, 4) is 17.2 Å². The third kappa shape index (κ3) is 3.32. The van der Waals surface area contributed by atoms with Crippen LogP contribution < -0.4 is 14.2 Å². The number of aromatic nitrogens is 1. The lowest BCUT2D eigenvalue weighted by molar-refractivity contribution is 0.0795. The molecule has 0 bridgehead atoms. The van der Waals surface area contributed by atoms with E-state index >= 15 is 0 Å². The van der Waals surface area contributed by atoms with Crippen molar-refractivity contribution in [3.05, 3.63) is 24.5 Å². The number of aliphatic hydroxyl groups excluding tert-OH is 1. The summed E-state index contributed by atoms with van der Waals surface area (Å²) in [4.78, 5) is 3.68. The van der Waals surface area contributed by atoms with Crippen LogP contribution in [0, 0.1) is 0 Å². The van der Waals surface area contributed by atoms with Crippen molar-refractivity contribution >= 4 is 33.6 Å². The molecule has 0 aliphatic rings. The Bertz CT molecular complexity index is 900. The maximum absolute atomic E-state index is 10.1. The van der Waals surface area contributed by atoms with Crippen molar-refractivity contribution in [1.29, 1.82) is 0 Å². The number of aliphatic hydroxyl groups is 1. The highest BCUT2D eigenvalue weighted by molar-refractivity contribution is 6.23. The van der Waals surface area contributed by atoms with Crippen LogP contribution in [0.3, 0.4) is 0 Å². The molecule has 0 unspecified atom stereocenters.